The molecule has 1 saturated carbocycles. The van der Waals surface area contributed by atoms with Crippen molar-refractivity contribution < 1.29 is 9.72 Å². The summed E-state index contributed by atoms with van der Waals surface area (Å²) >= 11 is 1.42. The molecule has 1 aliphatic rings. The van der Waals surface area contributed by atoms with Gasteiger partial charge in [0.15, 0.2) is 0 Å². The Labute approximate surface area is 148 Å². The summed E-state index contributed by atoms with van der Waals surface area (Å²) in [6.45, 7) is 0. The number of aromatic nitrogens is 2. The fraction of sp³-hybridized carbons (Fsp3) is 0.353. The normalized spacial score (nSPS) is 15.4. The minimum Gasteiger partial charge on any atom is -0.297 e. The molecule has 1 aromatic carbocycles. The average Bonchev–Trinajstić information content (AvgIpc) is 3.09. The molecule has 1 aliphatic carbocycles. The van der Waals surface area contributed by atoms with Crippen molar-refractivity contribution in [3.05, 3.63) is 51.0 Å². The monoisotopic (exact) mass is 358 g/mol. The van der Waals surface area contributed by atoms with Crippen molar-refractivity contribution in [2.75, 3.05) is 5.32 Å². The maximum Gasteiger partial charge on any atom is 0.270 e. The molecule has 1 aromatic heterocycles. The minimum atomic E-state index is -0.467. The fourth-order valence-electron chi connectivity index (χ4n) is 2.86. The summed E-state index contributed by atoms with van der Waals surface area (Å²) in [5.74, 6) is 0.121. The van der Waals surface area contributed by atoms with Crippen LogP contribution in [0.2, 0.25) is 0 Å². The van der Waals surface area contributed by atoms with Gasteiger partial charge in [-0.15, -0.1) is 10.2 Å². The zero-order chi connectivity index (χ0) is 17.6. The first-order valence-electron chi connectivity index (χ1n) is 8.19. The molecule has 0 atom stereocenters. The van der Waals surface area contributed by atoms with Crippen LogP contribution in [0.15, 0.2) is 30.3 Å². The number of carbonyl (C=O) groups excluding carboxylic acids is 1. The van der Waals surface area contributed by atoms with Crippen LogP contribution in [-0.4, -0.2) is 21.0 Å². The van der Waals surface area contributed by atoms with E-state index in [0.29, 0.717) is 16.6 Å². The number of nitrogens with zero attached hydrogens (tertiary/aromatic N) is 3. The van der Waals surface area contributed by atoms with Gasteiger partial charge >= 0.3 is 0 Å². The predicted octanol–water partition coefficient (Wildman–Crippen LogP) is 4.15. The van der Waals surface area contributed by atoms with E-state index < -0.39 is 4.92 Å². The lowest BCUT2D eigenvalue weighted by atomic mass is 9.90. The van der Waals surface area contributed by atoms with Gasteiger partial charge in [0.25, 0.3) is 5.69 Å². The molecule has 8 heteroatoms. The van der Waals surface area contributed by atoms with Crippen LogP contribution in [0.25, 0.3) is 6.08 Å². The van der Waals surface area contributed by atoms with E-state index in [1.54, 1.807) is 12.1 Å². The van der Waals surface area contributed by atoms with E-state index in [4.69, 9.17) is 0 Å². The number of amides is 1. The fourth-order valence-corrected chi connectivity index (χ4v) is 3.78. The SMILES string of the molecule is O=C(/C=C/c1cccc([N+](=O)[O-])c1)Nc1nnc(C2CCCCC2)s1. The van der Waals surface area contributed by atoms with Gasteiger partial charge in [0.05, 0.1) is 4.92 Å². The largest absolute Gasteiger partial charge is 0.297 e. The number of carbonyl (C=O) groups is 1. The van der Waals surface area contributed by atoms with Crippen molar-refractivity contribution in [2.45, 2.75) is 38.0 Å². The Morgan fingerprint density at radius 2 is 2.08 bits per heavy atom. The van der Waals surface area contributed by atoms with Crippen molar-refractivity contribution in [1.82, 2.24) is 10.2 Å². The van der Waals surface area contributed by atoms with E-state index in [0.717, 1.165) is 17.8 Å². The molecule has 3 rings (SSSR count). The Balaban J connectivity index is 1.60. The van der Waals surface area contributed by atoms with Crippen molar-refractivity contribution >= 4 is 34.1 Å². The van der Waals surface area contributed by atoms with Crippen LogP contribution in [0.3, 0.4) is 0 Å². The van der Waals surface area contributed by atoms with Gasteiger partial charge in [-0.3, -0.25) is 20.2 Å². The first kappa shape index (κ1) is 17.2. The molecule has 0 unspecified atom stereocenters. The topological polar surface area (TPSA) is 98.0 Å². The number of benzene rings is 1. The summed E-state index contributed by atoms with van der Waals surface area (Å²) in [5.41, 5.74) is 0.577. The maximum atomic E-state index is 12.0. The summed E-state index contributed by atoms with van der Waals surface area (Å²) < 4.78 is 0. The molecule has 2 aromatic rings. The number of nitro benzene ring substituents is 1. The molecule has 7 nitrogen and oxygen atoms in total. The summed E-state index contributed by atoms with van der Waals surface area (Å²) in [7, 11) is 0. The van der Waals surface area contributed by atoms with Crippen LogP contribution in [0.4, 0.5) is 10.8 Å². The van der Waals surface area contributed by atoms with Crippen molar-refractivity contribution in [1.29, 1.82) is 0 Å². The Bertz CT molecular complexity index is 797. The molecule has 1 heterocycles. The standard InChI is InChI=1S/C17H18N4O3S/c22-15(10-9-12-5-4-8-14(11-12)21(23)24)18-17-20-19-16(25-17)13-6-2-1-3-7-13/h4-5,8-11,13H,1-3,6-7H2,(H,18,20,22)/b10-9+. The van der Waals surface area contributed by atoms with E-state index in [2.05, 4.69) is 15.5 Å². The van der Waals surface area contributed by atoms with E-state index in [-0.39, 0.29) is 11.6 Å². The lowest BCUT2D eigenvalue weighted by Crippen LogP contribution is -2.07. The van der Waals surface area contributed by atoms with Crippen LogP contribution in [-0.2, 0) is 4.79 Å². The molecule has 1 N–H and O–H groups in total. The van der Waals surface area contributed by atoms with Crippen LogP contribution in [0, 0.1) is 10.1 Å². The smallest absolute Gasteiger partial charge is 0.270 e. The molecule has 1 fully saturated rings. The third-order valence-corrected chi connectivity index (χ3v) is 5.13. The quantitative estimate of drug-likeness (QED) is 0.492. The molecule has 25 heavy (non-hydrogen) atoms. The highest BCUT2D eigenvalue weighted by Crippen LogP contribution is 2.35. The third-order valence-electron chi connectivity index (χ3n) is 4.13. The second-order valence-corrected chi connectivity index (χ2v) is 6.96. The Morgan fingerprint density at radius 1 is 1.28 bits per heavy atom. The van der Waals surface area contributed by atoms with Gasteiger partial charge in [-0.05, 0) is 24.5 Å². The number of rotatable bonds is 5. The minimum absolute atomic E-state index is 0.0104. The molecule has 0 aliphatic heterocycles. The first-order chi connectivity index (χ1) is 12.1. The maximum absolute atomic E-state index is 12.0. The van der Waals surface area contributed by atoms with Crippen LogP contribution >= 0.6 is 11.3 Å². The van der Waals surface area contributed by atoms with Gasteiger partial charge in [0, 0.05) is 24.1 Å². The molecule has 0 radical (unpaired) electrons. The molecule has 130 valence electrons. The molecule has 1 amide bonds. The molecule has 0 spiro atoms. The lowest BCUT2D eigenvalue weighted by molar-refractivity contribution is -0.384. The summed E-state index contributed by atoms with van der Waals surface area (Å²) in [5, 5.41) is 23.1. The highest BCUT2D eigenvalue weighted by atomic mass is 32.1. The Hall–Kier alpha value is -2.61. The van der Waals surface area contributed by atoms with Crippen molar-refractivity contribution in [3.63, 3.8) is 0 Å². The Kier molecular flexibility index (Phi) is 5.49. The first-order valence-corrected chi connectivity index (χ1v) is 9.00. The van der Waals surface area contributed by atoms with Crippen LogP contribution < -0.4 is 5.32 Å². The highest BCUT2D eigenvalue weighted by Gasteiger charge is 2.19. The van der Waals surface area contributed by atoms with Gasteiger partial charge in [0.1, 0.15) is 5.01 Å². The average molecular weight is 358 g/mol. The predicted molar refractivity (Wildman–Crippen MR) is 96.5 cm³/mol. The number of anilines is 1. The van der Waals surface area contributed by atoms with Gasteiger partial charge < -0.3 is 0 Å². The number of nitrogens with one attached hydrogen (secondary N) is 1. The van der Waals surface area contributed by atoms with Crippen LogP contribution in [0.1, 0.15) is 48.6 Å². The van der Waals surface area contributed by atoms with E-state index >= 15 is 0 Å². The lowest BCUT2D eigenvalue weighted by Gasteiger charge is -2.18. The second-order valence-electron chi connectivity index (χ2n) is 5.96. The van der Waals surface area contributed by atoms with Crippen molar-refractivity contribution in [3.8, 4) is 0 Å². The Morgan fingerprint density at radius 3 is 2.84 bits per heavy atom. The molecule has 0 saturated heterocycles. The second kappa shape index (κ2) is 7.98. The number of hydrogen-bond acceptors (Lipinski definition) is 6. The van der Waals surface area contributed by atoms with Crippen molar-refractivity contribution in [2.24, 2.45) is 0 Å². The van der Waals surface area contributed by atoms with E-state index in [9.17, 15) is 14.9 Å². The summed E-state index contributed by atoms with van der Waals surface area (Å²) in [4.78, 5) is 22.3. The zero-order valence-electron chi connectivity index (χ0n) is 13.6. The number of non-ortho nitro benzene ring substituents is 1. The van der Waals surface area contributed by atoms with Crippen LogP contribution in [0.5, 0.6) is 0 Å². The zero-order valence-corrected chi connectivity index (χ0v) is 14.4. The van der Waals surface area contributed by atoms with Gasteiger partial charge in [-0.2, -0.15) is 0 Å². The van der Waals surface area contributed by atoms with E-state index in [1.165, 1.54) is 54.9 Å². The highest BCUT2D eigenvalue weighted by molar-refractivity contribution is 7.15. The van der Waals surface area contributed by atoms with Gasteiger partial charge in [-0.1, -0.05) is 42.7 Å². The number of nitro groups is 1. The molecule has 0 bridgehead atoms. The third kappa shape index (κ3) is 4.69. The summed E-state index contributed by atoms with van der Waals surface area (Å²) in [6.07, 6.45) is 8.85. The number of hydrogen-bond donors (Lipinski definition) is 1. The molecular formula is C17H18N4O3S. The van der Waals surface area contributed by atoms with Gasteiger partial charge in [0.2, 0.25) is 11.0 Å². The summed E-state index contributed by atoms with van der Waals surface area (Å²) in [6, 6.07) is 6.10. The van der Waals surface area contributed by atoms with E-state index in [1.807, 2.05) is 0 Å². The molecular weight excluding hydrogens is 340 g/mol. The van der Waals surface area contributed by atoms with Gasteiger partial charge in [-0.25, -0.2) is 0 Å².